The van der Waals surface area contributed by atoms with Gasteiger partial charge in [-0.2, -0.15) is 0 Å². The van der Waals surface area contributed by atoms with Crippen molar-refractivity contribution in [3.8, 4) is 5.75 Å². The fourth-order valence-electron chi connectivity index (χ4n) is 4.59. The predicted octanol–water partition coefficient (Wildman–Crippen LogP) is 1.59. The van der Waals surface area contributed by atoms with E-state index in [4.69, 9.17) is 4.74 Å². The Morgan fingerprint density at radius 2 is 2.05 bits per heavy atom. The summed E-state index contributed by atoms with van der Waals surface area (Å²) < 4.78 is 7.89. The number of amides is 2. The van der Waals surface area contributed by atoms with Gasteiger partial charge in [0.2, 0.25) is 11.8 Å². The maximum Gasteiger partial charge on any atom is 0.246 e. The Morgan fingerprint density at radius 1 is 1.26 bits per heavy atom. The van der Waals surface area contributed by atoms with Crippen molar-refractivity contribution in [1.82, 2.24) is 30.0 Å². The van der Waals surface area contributed by atoms with Crippen LogP contribution >= 0.6 is 0 Å². The summed E-state index contributed by atoms with van der Waals surface area (Å²) in [5.74, 6) is 0.226. The van der Waals surface area contributed by atoms with Crippen molar-refractivity contribution in [2.75, 3.05) is 32.1 Å². The Balaban J connectivity index is 1.57. The lowest BCUT2D eigenvalue weighted by Crippen LogP contribution is -2.47. The number of nitrogens with one attached hydrogen (secondary N) is 1. The van der Waals surface area contributed by atoms with Gasteiger partial charge < -0.3 is 20.1 Å². The highest BCUT2D eigenvalue weighted by Crippen LogP contribution is 2.29. The van der Waals surface area contributed by atoms with Gasteiger partial charge in [-0.3, -0.25) is 14.5 Å². The molecule has 11 heteroatoms. The van der Waals surface area contributed by atoms with Gasteiger partial charge in [0.25, 0.3) is 0 Å². The SMILES string of the molecule is C[C@H]1CN([C@@H](C)CO)C(=O)Cc2cc(NC(=O)Cn3cnnn3)ccc2O[C@@H]1CN(C)Cc1ccccc1. The highest BCUT2D eigenvalue weighted by Gasteiger charge is 2.31. The Labute approximate surface area is 222 Å². The molecule has 0 bridgehead atoms. The van der Waals surface area contributed by atoms with Crippen LogP contribution in [0.1, 0.15) is 25.0 Å². The summed E-state index contributed by atoms with van der Waals surface area (Å²) in [6, 6.07) is 15.3. The first-order valence-corrected chi connectivity index (χ1v) is 12.8. The molecule has 11 nitrogen and oxygen atoms in total. The van der Waals surface area contributed by atoms with Gasteiger partial charge in [0.15, 0.2) is 0 Å². The van der Waals surface area contributed by atoms with Crippen LogP contribution in [0.2, 0.25) is 0 Å². The molecule has 38 heavy (non-hydrogen) atoms. The summed E-state index contributed by atoms with van der Waals surface area (Å²) in [6.07, 6.45) is 1.25. The summed E-state index contributed by atoms with van der Waals surface area (Å²) in [7, 11) is 2.05. The van der Waals surface area contributed by atoms with Gasteiger partial charge in [-0.1, -0.05) is 37.3 Å². The molecular weight excluding hydrogens is 486 g/mol. The monoisotopic (exact) mass is 521 g/mol. The third kappa shape index (κ3) is 7.14. The van der Waals surface area contributed by atoms with E-state index < -0.39 is 0 Å². The molecular formula is C27H35N7O4. The number of carbonyl (C=O) groups is 2. The van der Waals surface area contributed by atoms with E-state index in [0.29, 0.717) is 30.1 Å². The smallest absolute Gasteiger partial charge is 0.246 e. The molecule has 2 amide bonds. The van der Waals surface area contributed by atoms with Crippen LogP contribution in [-0.2, 0) is 29.1 Å². The number of nitrogens with zero attached hydrogens (tertiary/aromatic N) is 6. The van der Waals surface area contributed by atoms with Gasteiger partial charge in [-0.05, 0) is 48.2 Å². The third-order valence-corrected chi connectivity index (χ3v) is 6.68. The van der Waals surface area contributed by atoms with E-state index in [1.165, 1.54) is 16.6 Å². The molecule has 4 rings (SSSR count). The molecule has 202 valence electrons. The van der Waals surface area contributed by atoms with Crippen molar-refractivity contribution >= 4 is 17.5 Å². The molecule has 1 aliphatic heterocycles. The van der Waals surface area contributed by atoms with Gasteiger partial charge in [0.1, 0.15) is 24.7 Å². The molecule has 2 aromatic carbocycles. The minimum atomic E-state index is -0.326. The van der Waals surface area contributed by atoms with Gasteiger partial charge in [0, 0.05) is 36.8 Å². The van der Waals surface area contributed by atoms with Crippen LogP contribution < -0.4 is 10.1 Å². The number of fused-ring (bicyclic) bond motifs is 1. The second kappa shape index (κ2) is 12.6. The molecule has 2 N–H and O–H groups in total. The lowest BCUT2D eigenvalue weighted by molar-refractivity contribution is -0.134. The van der Waals surface area contributed by atoms with Crippen molar-refractivity contribution in [3.05, 3.63) is 66.0 Å². The summed E-state index contributed by atoms with van der Waals surface area (Å²) in [5, 5.41) is 23.5. The number of aliphatic hydroxyl groups is 1. The number of hydrogen-bond acceptors (Lipinski definition) is 8. The normalized spacial score (nSPS) is 18.7. The Kier molecular flexibility index (Phi) is 9.03. The fraction of sp³-hybridized carbons (Fsp3) is 0.444. The van der Waals surface area contributed by atoms with E-state index >= 15 is 0 Å². The number of ether oxygens (including phenoxy) is 1. The van der Waals surface area contributed by atoms with Crippen molar-refractivity contribution in [2.45, 2.75) is 45.5 Å². The summed E-state index contributed by atoms with van der Waals surface area (Å²) in [4.78, 5) is 29.8. The zero-order chi connectivity index (χ0) is 27.1. The average Bonchev–Trinajstić information content (AvgIpc) is 3.41. The number of hydrogen-bond donors (Lipinski definition) is 2. The Morgan fingerprint density at radius 3 is 2.76 bits per heavy atom. The average molecular weight is 522 g/mol. The first-order chi connectivity index (χ1) is 18.3. The van der Waals surface area contributed by atoms with Crippen LogP contribution in [0.15, 0.2) is 54.9 Å². The number of aromatic nitrogens is 4. The third-order valence-electron chi connectivity index (χ3n) is 6.68. The van der Waals surface area contributed by atoms with Crippen molar-refractivity contribution in [3.63, 3.8) is 0 Å². The molecule has 0 saturated carbocycles. The van der Waals surface area contributed by atoms with Crippen LogP contribution in [0.5, 0.6) is 5.75 Å². The van der Waals surface area contributed by atoms with Crippen LogP contribution in [0.3, 0.4) is 0 Å². The molecule has 2 heterocycles. The van der Waals surface area contributed by atoms with Crippen LogP contribution in [0, 0.1) is 5.92 Å². The van der Waals surface area contributed by atoms with E-state index in [9.17, 15) is 14.7 Å². The number of tetrazole rings is 1. The fourth-order valence-corrected chi connectivity index (χ4v) is 4.59. The van der Waals surface area contributed by atoms with Crippen LogP contribution in [0.25, 0.3) is 0 Å². The van der Waals surface area contributed by atoms with Gasteiger partial charge >= 0.3 is 0 Å². The number of benzene rings is 2. The van der Waals surface area contributed by atoms with Gasteiger partial charge in [-0.25, -0.2) is 4.68 Å². The van der Waals surface area contributed by atoms with E-state index in [0.717, 1.165) is 6.54 Å². The molecule has 0 unspecified atom stereocenters. The number of likely N-dealkylation sites (N-methyl/N-ethyl adjacent to an activating group) is 1. The van der Waals surface area contributed by atoms with E-state index in [1.807, 2.05) is 25.1 Å². The number of aliphatic hydroxyl groups excluding tert-OH is 1. The summed E-state index contributed by atoms with van der Waals surface area (Å²) in [5.41, 5.74) is 2.43. The summed E-state index contributed by atoms with van der Waals surface area (Å²) >= 11 is 0. The lowest BCUT2D eigenvalue weighted by Gasteiger charge is -2.34. The van der Waals surface area contributed by atoms with Gasteiger partial charge in [0.05, 0.1) is 19.1 Å². The van der Waals surface area contributed by atoms with Gasteiger partial charge in [-0.15, -0.1) is 5.10 Å². The highest BCUT2D eigenvalue weighted by atomic mass is 16.5. The number of anilines is 1. The topological polar surface area (TPSA) is 126 Å². The Hall–Kier alpha value is -3.83. The number of rotatable bonds is 9. The zero-order valence-corrected chi connectivity index (χ0v) is 22.0. The second-order valence-corrected chi connectivity index (χ2v) is 9.95. The number of carbonyl (C=O) groups excluding carboxylic acids is 2. The molecule has 0 radical (unpaired) electrons. The molecule has 3 atom stereocenters. The van der Waals surface area contributed by atoms with Crippen LogP contribution in [0.4, 0.5) is 5.69 Å². The minimum Gasteiger partial charge on any atom is -0.488 e. The van der Waals surface area contributed by atoms with E-state index in [-0.39, 0.29) is 49.5 Å². The highest BCUT2D eigenvalue weighted by molar-refractivity contribution is 5.91. The van der Waals surface area contributed by atoms with Crippen molar-refractivity contribution in [1.29, 1.82) is 0 Å². The summed E-state index contributed by atoms with van der Waals surface area (Å²) in [6.45, 7) is 5.64. The standard InChI is InChI=1S/C27H35N7O4/c1-19-13-34(20(2)17-35)27(37)12-22-11-23(29-26(36)16-33-18-28-30-31-33)9-10-24(22)38-25(19)15-32(3)14-21-7-5-4-6-8-21/h4-11,18-20,25,35H,12-17H2,1-3H3,(H,29,36)/t19-,20-,25+/m0/s1. The van der Waals surface area contributed by atoms with Crippen molar-refractivity contribution < 1.29 is 19.4 Å². The molecule has 1 aromatic heterocycles. The first kappa shape index (κ1) is 27.2. The lowest BCUT2D eigenvalue weighted by atomic mass is 10.0. The molecule has 1 aliphatic rings. The Bertz CT molecular complexity index is 1210. The molecule has 0 spiro atoms. The van der Waals surface area contributed by atoms with Crippen LogP contribution in [-0.4, -0.2) is 85.8 Å². The van der Waals surface area contributed by atoms with E-state index in [1.54, 1.807) is 23.1 Å². The molecule has 0 saturated heterocycles. The largest absolute Gasteiger partial charge is 0.488 e. The maximum absolute atomic E-state index is 13.4. The zero-order valence-electron chi connectivity index (χ0n) is 22.0. The minimum absolute atomic E-state index is 0.00722. The molecule has 3 aromatic rings. The maximum atomic E-state index is 13.4. The molecule has 0 fully saturated rings. The predicted molar refractivity (Wildman–Crippen MR) is 141 cm³/mol. The first-order valence-electron chi connectivity index (χ1n) is 12.8. The molecule has 0 aliphatic carbocycles. The quantitative estimate of drug-likeness (QED) is 0.435. The second-order valence-electron chi connectivity index (χ2n) is 9.95. The van der Waals surface area contributed by atoms with Crippen molar-refractivity contribution in [2.24, 2.45) is 5.92 Å². The van der Waals surface area contributed by atoms with E-state index in [2.05, 4.69) is 51.8 Å².